The number of hydrogen-bond donors (Lipinski definition) is 2. The van der Waals surface area contributed by atoms with E-state index in [2.05, 4.69) is 9.97 Å². The number of aromatic hydroxyl groups is 1. The van der Waals surface area contributed by atoms with E-state index >= 15 is 0 Å². The van der Waals surface area contributed by atoms with Crippen molar-refractivity contribution in [3.63, 3.8) is 0 Å². The first kappa shape index (κ1) is 7.86. The molecule has 0 fully saturated rings. The number of nitrogens with zero attached hydrogens (tertiary/aromatic N) is 1. The Labute approximate surface area is 76.1 Å². The highest BCUT2D eigenvalue weighted by atomic mass is 16.3. The molecule has 66 valence electrons. The zero-order valence-corrected chi connectivity index (χ0v) is 7.28. The van der Waals surface area contributed by atoms with Crippen molar-refractivity contribution in [1.29, 1.82) is 0 Å². The van der Waals surface area contributed by atoms with Crippen LogP contribution in [0.1, 0.15) is 5.56 Å². The molecular weight excluding hydrogens is 164 g/mol. The highest BCUT2D eigenvalue weighted by molar-refractivity contribution is 5.66. The highest BCUT2D eigenvalue weighted by Gasteiger charge is 2.04. The van der Waals surface area contributed by atoms with Crippen molar-refractivity contribution >= 4 is 0 Å². The monoisotopic (exact) mass is 174 g/mol. The van der Waals surface area contributed by atoms with Crippen LogP contribution in [0.25, 0.3) is 11.3 Å². The Bertz CT molecular complexity index is 407. The predicted molar refractivity (Wildman–Crippen MR) is 50.4 cm³/mol. The normalized spacial score (nSPS) is 10.2. The molecule has 3 nitrogen and oxygen atoms in total. The van der Waals surface area contributed by atoms with Gasteiger partial charge in [0.15, 0.2) is 0 Å². The summed E-state index contributed by atoms with van der Waals surface area (Å²) in [4.78, 5) is 6.84. The topological polar surface area (TPSA) is 48.9 Å². The van der Waals surface area contributed by atoms with Gasteiger partial charge in [-0.3, -0.25) is 0 Å². The maximum atomic E-state index is 9.62. The van der Waals surface area contributed by atoms with Crippen LogP contribution in [-0.2, 0) is 0 Å². The maximum absolute atomic E-state index is 9.62. The van der Waals surface area contributed by atoms with Crippen LogP contribution in [0, 0.1) is 6.92 Å². The first-order valence-corrected chi connectivity index (χ1v) is 4.06. The number of phenolic OH excluding ortho intramolecular Hbond substituents is 1. The van der Waals surface area contributed by atoms with Crippen molar-refractivity contribution in [2.24, 2.45) is 0 Å². The molecule has 2 N–H and O–H groups in total. The van der Waals surface area contributed by atoms with Crippen LogP contribution in [0.15, 0.2) is 30.7 Å². The van der Waals surface area contributed by atoms with E-state index in [-0.39, 0.29) is 5.75 Å². The molecule has 1 aromatic heterocycles. The minimum atomic E-state index is 0.282. The number of aromatic amines is 1. The Morgan fingerprint density at radius 2 is 2.23 bits per heavy atom. The number of phenols is 1. The second-order valence-electron chi connectivity index (χ2n) is 2.99. The van der Waals surface area contributed by atoms with Gasteiger partial charge in [-0.15, -0.1) is 0 Å². The standard InChI is InChI=1S/C10H10N2O/c1-7-2-3-8(10(13)4-7)9-5-11-6-12-9/h2-6,13H,1H3,(H,11,12). The van der Waals surface area contributed by atoms with Crippen LogP contribution in [0.4, 0.5) is 0 Å². The number of H-pyrrole nitrogens is 1. The average molecular weight is 174 g/mol. The van der Waals surface area contributed by atoms with Crippen molar-refractivity contribution in [2.45, 2.75) is 6.92 Å². The number of imidazole rings is 1. The molecule has 0 amide bonds. The van der Waals surface area contributed by atoms with Gasteiger partial charge in [-0.2, -0.15) is 0 Å². The van der Waals surface area contributed by atoms with Crippen LogP contribution in [0.2, 0.25) is 0 Å². The summed E-state index contributed by atoms with van der Waals surface area (Å²) in [7, 11) is 0. The number of hydrogen-bond acceptors (Lipinski definition) is 2. The van der Waals surface area contributed by atoms with Gasteiger partial charge in [0.1, 0.15) is 5.75 Å². The van der Waals surface area contributed by atoms with Crippen molar-refractivity contribution in [3.05, 3.63) is 36.3 Å². The minimum Gasteiger partial charge on any atom is -0.507 e. The Balaban J connectivity index is 2.53. The Morgan fingerprint density at radius 3 is 2.85 bits per heavy atom. The third-order valence-corrected chi connectivity index (χ3v) is 1.94. The summed E-state index contributed by atoms with van der Waals surface area (Å²) < 4.78 is 0. The number of benzene rings is 1. The Kier molecular flexibility index (Phi) is 1.77. The average Bonchev–Trinajstić information content (AvgIpc) is 2.56. The van der Waals surface area contributed by atoms with E-state index in [1.54, 1.807) is 18.6 Å². The molecule has 13 heavy (non-hydrogen) atoms. The molecule has 3 heteroatoms. The zero-order valence-electron chi connectivity index (χ0n) is 7.28. The zero-order chi connectivity index (χ0) is 9.26. The Hall–Kier alpha value is -1.77. The molecule has 0 unspecified atom stereocenters. The van der Waals surface area contributed by atoms with Crippen LogP contribution < -0.4 is 0 Å². The van der Waals surface area contributed by atoms with Gasteiger partial charge in [0.05, 0.1) is 18.2 Å². The van der Waals surface area contributed by atoms with Gasteiger partial charge in [0.2, 0.25) is 0 Å². The lowest BCUT2D eigenvalue weighted by molar-refractivity contribution is 0.476. The van der Waals surface area contributed by atoms with Gasteiger partial charge >= 0.3 is 0 Å². The van der Waals surface area contributed by atoms with Gasteiger partial charge in [-0.25, -0.2) is 4.98 Å². The summed E-state index contributed by atoms with van der Waals surface area (Å²) >= 11 is 0. The summed E-state index contributed by atoms with van der Waals surface area (Å²) in [5, 5.41) is 9.62. The first-order chi connectivity index (χ1) is 6.27. The minimum absolute atomic E-state index is 0.282. The molecule has 0 aliphatic carbocycles. The van der Waals surface area contributed by atoms with E-state index in [1.165, 1.54) is 0 Å². The smallest absolute Gasteiger partial charge is 0.125 e. The number of nitrogens with one attached hydrogen (secondary N) is 1. The maximum Gasteiger partial charge on any atom is 0.125 e. The Morgan fingerprint density at radius 1 is 1.38 bits per heavy atom. The quantitative estimate of drug-likeness (QED) is 0.695. The lowest BCUT2D eigenvalue weighted by atomic mass is 10.1. The molecule has 0 aliphatic heterocycles. The molecule has 1 aromatic carbocycles. The van der Waals surface area contributed by atoms with E-state index in [1.807, 2.05) is 19.1 Å². The van der Waals surface area contributed by atoms with Crippen LogP contribution in [-0.4, -0.2) is 15.1 Å². The summed E-state index contributed by atoms with van der Waals surface area (Å²) in [6.45, 7) is 1.94. The molecule has 0 saturated carbocycles. The van der Waals surface area contributed by atoms with E-state index in [9.17, 15) is 5.11 Å². The van der Waals surface area contributed by atoms with Crippen molar-refractivity contribution in [3.8, 4) is 17.0 Å². The summed E-state index contributed by atoms with van der Waals surface area (Å²) in [5.41, 5.74) is 2.65. The predicted octanol–water partition coefficient (Wildman–Crippen LogP) is 2.09. The molecule has 0 saturated heterocycles. The van der Waals surface area contributed by atoms with Gasteiger partial charge in [-0.05, 0) is 24.6 Å². The highest BCUT2D eigenvalue weighted by Crippen LogP contribution is 2.27. The third kappa shape index (κ3) is 1.40. The van der Waals surface area contributed by atoms with Crippen LogP contribution in [0.5, 0.6) is 5.75 Å². The lowest BCUT2D eigenvalue weighted by Crippen LogP contribution is -1.79. The summed E-state index contributed by atoms with van der Waals surface area (Å²) in [5.74, 6) is 0.282. The second kappa shape index (κ2) is 2.94. The molecule has 2 rings (SSSR count). The molecule has 0 atom stereocenters. The van der Waals surface area contributed by atoms with Crippen molar-refractivity contribution in [1.82, 2.24) is 9.97 Å². The molecule has 0 aliphatic rings. The number of rotatable bonds is 1. The molecule has 0 radical (unpaired) electrons. The lowest BCUT2D eigenvalue weighted by Gasteiger charge is -2.01. The van der Waals surface area contributed by atoms with Gasteiger partial charge in [0, 0.05) is 5.56 Å². The molecule has 0 spiro atoms. The third-order valence-electron chi connectivity index (χ3n) is 1.94. The molecular formula is C10H10N2O. The van der Waals surface area contributed by atoms with Gasteiger partial charge in [-0.1, -0.05) is 6.07 Å². The fourth-order valence-corrected chi connectivity index (χ4v) is 1.27. The number of aryl methyl sites for hydroxylation is 1. The largest absolute Gasteiger partial charge is 0.507 e. The molecule has 2 aromatic rings. The fourth-order valence-electron chi connectivity index (χ4n) is 1.27. The van der Waals surface area contributed by atoms with E-state index in [4.69, 9.17) is 0 Å². The van der Waals surface area contributed by atoms with Gasteiger partial charge < -0.3 is 10.1 Å². The SMILES string of the molecule is Cc1ccc(-c2cnc[nH]2)c(O)c1. The van der Waals surface area contributed by atoms with Crippen LogP contribution >= 0.6 is 0 Å². The van der Waals surface area contributed by atoms with Gasteiger partial charge in [0.25, 0.3) is 0 Å². The van der Waals surface area contributed by atoms with E-state index in [0.717, 1.165) is 16.8 Å². The van der Waals surface area contributed by atoms with E-state index < -0.39 is 0 Å². The summed E-state index contributed by atoms with van der Waals surface area (Å²) in [6, 6.07) is 5.56. The molecule has 0 bridgehead atoms. The van der Waals surface area contributed by atoms with Crippen LogP contribution in [0.3, 0.4) is 0 Å². The first-order valence-electron chi connectivity index (χ1n) is 4.06. The number of aromatic nitrogens is 2. The van der Waals surface area contributed by atoms with E-state index in [0.29, 0.717) is 0 Å². The van der Waals surface area contributed by atoms with Crippen molar-refractivity contribution < 1.29 is 5.11 Å². The fraction of sp³-hybridized carbons (Fsp3) is 0.100. The second-order valence-corrected chi connectivity index (χ2v) is 2.99. The van der Waals surface area contributed by atoms with Crippen molar-refractivity contribution in [2.75, 3.05) is 0 Å². The molecule has 1 heterocycles. The summed E-state index contributed by atoms with van der Waals surface area (Å²) in [6.07, 6.45) is 3.28.